The van der Waals surface area contributed by atoms with Crippen molar-refractivity contribution in [2.24, 2.45) is 5.14 Å². The third-order valence-corrected chi connectivity index (χ3v) is 5.23. The fourth-order valence-corrected chi connectivity index (χ4v) is 3.52. The van der Waals surface area contributed by atoms with Crippen LogP contribution >= 0.6 is 11.3 Å². The first-order valence-corrected chi connectivity index (χ1v) is 8.12. The highest BCUT2D eigenvalue weighted by atomic mass is 32.2. The summed E-state index contributed by atoms with van der Waals surface area (Å²) in [5, 5.41) is 7.43. The standard InChI is InChI=1S/C12H12FN3O3S2/c1-6-3-4-8(9(13)5-6)10(17)16-12-15-7(2)11(20-12)21(14,18)19/h3-5H,1-2H3,(H2,14,18,19)(H,15,16,17). The predicted molar refractivity (Wildman–Crippen MR) is 77.3 cm³/mol. The minimum atomic E-state index is -3.90. The summed E-state index contributed by atoms with van der Waals surface area (Å²) in [4.78, 5) is 15.8. The zero-order valence-corrected chi connectivity index (χ0v) is 12.8. The van der Waals surface area contributed by atoms with E-state index in [0.29, 0.717) is 5.56 Å². The van der Waals surface area contributed by atoms with E-state index in [0.717, 1.165) is 11.3 Å². The van der Waals surface area contributed by atoms with Crippen molar-refractivity contribution in [2.45, 2.75) is 18.1 Å². The van der Waals surface area contributed by atoms with E-state index in [4.69, 9.17) is 5.14 Å². The molecule has 1 heterocycles. The van der Waals surface area contributed by atoms with Gasteiger partial charge in [-0.15, -0.1) is 0 Å². The number of hydrogen-bond acceptors (Lipinski definition) is 5. The number of thiazole rings is 1. The molecule has 1 amide bonds. The van der Waals surface area contributed by atoms with Gasteiger partial charge in [0.1, 0.15) is 5.82 Å². The van der Waals surface area contributed by atoms with Crippen molar-refractivity contribution in [1.82, 2.24) is 4.98 Å². The molecule has 21 heavy (non-hydrogen) atoms. The van der Waals surface area contributed by atoms with Gasteiger partial charge in [0.15, 0.2) is 9.34 Å². The minimum absolute atomic E-state index is 0.0431. The van der Waals surface area contributed by atoms with Crippen molar-refractivity contribution in [3.05, 3.63) is 40.8 Å². The Morgan fingerprint density at radius 2 is 2.05 bits per heavy atom. The molecule has 0 saturated heterocycles. The molecule has 0 spiro atoms. The normalized spacial score (nSPS) is 11.4. The molecule has 0 bridgehead atoms. The zero-order valence-electron chi connectivity index (χ0n) is 11.2. The van der Waals surface area contributed by atoms with E-state index in [9.17, 15) is 17.6 Å². The summed E-state index contributed by atoms with van der Waals surface area (Å²) in [5.41, 5.74) is 0.721. The summed E-state index contributed by atoms with van der Waals surface area (Å²) >= 11 is 0.720. The van der Waals surface area contributed by atoms with Gasteiger partial charge in [-0.3, -0.25) is 10.1 Å². The van der Waals surface area contributed by atoms with Gasteiger partial charge in [0.2, 0.25) is 10.0 Å². The van der Waals surface area contributed by atoms with Crippen LogP contribution in [0.2, 0.25) is 0 Å². The Labute approximate surface area is 124 Å². The first-order chi connectivity index (χ1) is 9.68. The van der Waals surface area contributed by atoms with Gasteiger partial charge in [-0.05, 0) is 31.5 Å². The summed E-state index contributed by atoms with van der Waals surface area (Å²) in [6, 6.07) is 4.18. The van der Waals surface area contributed by atoms with E-state index >= 15 is 0 Å². The number of nitrogens with two attached hydrogens (primary N) is 1. The number of rotatable bonds is 3. The van der Waals surface area contributed by atoms with E-state index in [2.05, 4.69) is 10.3 Å². The van der Waals surface area contributed by atoms with E-state index in [1.807, 2.05) is 0 Å². The molecular weight excluding hydrogens is 317 g/mol. The fourth-order valence-electron chi connectivity index (χ4n) is 1.67. The Morgan fingerprint density at radius 3 is 2.57 bits per heavy atom. The molecule has 0 aliphatic carbocycles. The topological polar surface area (TPSA) is 102 Å². The highest BCUT2D eigenvalue weighted by molar-refractivity contribution is 7.91. The number of nitrogens with one attached hydrogen (secondary N) is 1. The molecule has 0 atom stereocenters. The third kappa shape index (κ3) is 3.43. The number of benzene rings is 1. The van der Waals surface area contributed by atoms with Gasteiger partial charge in [0.25, 0.3) is 5.91 Å². The Balaban J connectivity index is 2.28. The summed E-state index contributed by atoms with van der Waals surface area (Å²) in [6.07, 6.45) is 0. The van der Waals surface area contributed by atoms with Crippen LogP contribution in [0.15, 0.2) is 22.4 Å². The van der Waals surface area contributed by atoms with Crippen LogP contribution in [0.1, 0.15) is 21.6 Å². The molecule has 6 nitrogen and oxygen atoms in total. The monoisotopic (exact) mass is 329 g/mol. The second-order valence-corrected chi connectivity index (χ2v) is 7.13. The maximum atomic E-state index is 13.7. The highest BCUT2D eigenvalue weighted by Gasteiger charge is 2.20. The largest absolute Gasteiger partial charge is 0.298 e. The number of carbonyl (C=O) groups is 1. The van der Waals surface area contributed by atoms with Crippen molar-refractivity contribution in [3.8, 4) is 0 Å². The van der Waals surface area contributed by atoms with E-state index in [-0.39, 0.29) is 20.6 Å². The lowest BCUT2D eigenvalue weighted by molar-refractivity contribution is 0.102. The number of anilines is 1. The number of carbonyl (C=O) groups excluding carboxylic acids is 1. The molecule has 0 fully saturated rings. The molecule has 3 N–H and O–H groups in total. The second kappa shape index (κ2) is 5.51. The molecule has 0 unspecified atom stereocenters. The zero-order chi connectivity index (χ0) is 15.8. The van der Waals surface area contributed by atoms with Crippen LogP contribution in [0.3, 0.4) is 0 Å². The van der Waals surface area contributed by atoms with E-state index in [1.54, 1.807) is 13.0 Å². The van der Waals surface area contributed by atoms with Gasteiger partial charge >= 0.3 is 0 Å². The summed E-state index contributed by atoms with van der Waals surface area (Å²) in [5.74, 6) is -1.37. The predicted octanol–water partition coefficient (Wildman–Crippen LogP) is 1.80. The third-order valence-electron chi connectivity index (χ3n) is 2.60. The minimum Gasteiger partial charge on any atom is -0.298 e. The molecule has 1 aromatic heterocycles. The van der Waals surface area contributed by atoms with Crippen molar-refractivity contribution in [3.63, 3.8) is 0 Å². The lowest BCUT2D eigenvalue weighted by atomic mass is 10.1. The van der Waals surface area contributed by atoms with Gasteiger partial charge in [0, 0.05) is 0 Å². The first kappa shape index (κ1) is 15.5. The van der Waals surface area contributed by atoms with E-state index in [1.165, 1.54) is 19.1 Å². The average molecular weight is 329 g/mol. The molecule has 0 aliphatic rings. The molecule has 2 rings (SSSR count). The number of aromatic nitrogens is 1. The maximum Gasteiger partial charge on any atom is 0.260 e. The number of nitrogens with zero attached hydrogens (tertiary/aromatic N) is 1. The van der Waals surface area contributed by atoms with Crippen LogP contribution < -0.4 is 10.5 Å². The lowest BCUT2D eigenvalue weighted by Crippen LogP contribution is -2.13. The Bertz CT molecular complexity index is 815. The number of amides is 1. The van der Waals surface area contributed by atoms with Gasteiger partial charge < -0.3 is 0 Å². The number of hydrogen-bond donors (Lipinski definition) is 2. The Hall–Kier alpha value is -1.84. The number of aryl methyl sites for hydroxylation is 2. The number of sulfonamides is 1. The maximum absolute atomic E-state index is 13.7. The molecule has 0 saturated carbocycles. The first-order valence-electron chi connectivity index (χ1n) is 5.76. The van der Waals surface area contributed by atoms with Crippen LogP contribution in [-0.2, 0) is 10.0 Å². The number of halogens is 1. The molecule has 1 aromatic carbocycles. The van der Waals surface area contributed by atoms with Crippen molar-refractivity contribution in [2.75, 3.05) is 5.32 Å². The van der Waals surface area contributed by atoms with Crippen LogP contribution in [0.4, 0.5) is 9.52 Å². The van der Waals surface area contributed by atoms with E-state index < -0.39 is 21.7 Å². The smallest absolute Gasteiger partial charge is 0.260 e. The lowest BCUT2D eigenvalue weighted by Gasteiger charge is -2.03. The average Bonchev–Trinajstić information content (AvgIpc) is 2.69. The summed E-state index contributed by atoms with van der Waals surface area (Å²) in [7, 11) is -3.90. The fraction of sp³-hybridized carbons (Fsp3) is 0.167. The molecule has 112 valence electrons. The van der Waals surface area contributed by atoms with Crippen LogP contribution in [0.5, 0.6) is 0 Å². The Kier molecular flexibility index (Phi) is 4.08. The van der Waals surface area contributed by atoms with Crippen molar-refractivity contribution < 1.29 is 17.6 Å². The van der Waals surface area contributed by atoms with Gasteiger partial charge in [0.05, 0.1) is 11.3 Å². The van der Waals surface area contributed by atoms with Crippen molar-refractivity contribution >= 4 is 32.4 Å². The number of primary sulfonamides is 1. The summed E-state index contributed by atoms with van der Waals surface area (Å²) in [6.45, 7) is 3.16. The van der Waals surface area contributed by atoms with Crippen LogP contribution in [-0.4, -0.2) is 19.3 Å². The van der Waals surface area contributed by atoms with Crippen molar-refractivity contribution in [1.29, 1.82) is 0 Å². The Morgan fingerprint density at radius 1 is 1.38 bits per heavy atom. The molecule has 2 aromatic rings. The molecular formula is C12H12FN3O3S2. The van der Waals surface area contributed by atoms with Gasteiger partial charge in [-0.1, -0.05) is 17.4 Å². The SMILES string of the molecule is Cc1ccc(C(=O)Nc2nc(C)c(S(N)(=O)=O)s2)c(F)c1. The molecule has 9 heteroatoms. The van der Waals surface area contributed by atoms with Crippen LogP contribution in [0, 0.1) is 19.7 Å². The molecule has 0 aliphatic heterocycles. The summed E-state index contributed by atoms with van der Waals surface area (Å²) < 4.78 is 36.1. The quantitative estimate of drug-likeness (QED) is 0.896. The van der Waals surface area contributed by atoms with Crippen LogP contribution in [0.25, 0.3) is 0 Å². The highest BCUT2D eigenvalue weighted by Crippen LogP contribution is 2.26. The molecule has 0 radical (unpaired) electrons. The van der Waals surface area contributed by atoms with Gasteiger partial charge in [-0.25, -0.2) is 22.9 Å². The van der Waals surface area contributed by atoms with Gasteiger partial charge in [-0.2, -0.15) is 0 Å². The second-order valence-electron chi connectivity index (χ2n) is 4.37.